The molecule has 0 amide bonds. The lowest BCUT2D eigenvalue weighted by molar-refractivity contribution is 0.304. The minimum absolute atomic E-state index is 0.588. The van der Waals surface area contributed by atoms with Gasteiger partial charge in [-0.25, -0.2) is 0 Å². The molecule has 18 heavy (non-hydrogen) atoms. The molecule has 0 saturated heterocycles. The van der Waals surface area contributed by atoms with Gasteiger partial charge in [0.2, 0.25) is 0 Å². The molecule has 3 rings (SSSR count). The van der Waals surface area contributed by atoms with Crippen molar-refractivity contribution in [1.82, 2.24) is 10.2 Å². The molecule has 1 aromatic heterocycles. The van der Waals surface area contributed by atoms with Gasteiger partial charge in [-0.3, -0.25) is 5.10 Å². The van der Waals surface area contributed by atoms with E-state index in [1.807, 2.05) is 37.4 Å². The van der Waals surface area contributed by atoms with Gasteiger partial charge in [0.25, 0.3) is 0 Å². The van der Waals surface area contributed by atoms with E-state index in [1.54, 1.807) is 0 Å². The van der Waals surface area contributed by atoms with Gasteiger partial charge in [0.05, 0.1) is 11.7 Å². The molecule has 0 aliphatic carbocycles. The minimum atomic E-state index is 0.588. The van der Waals surface area contributed by atoms with E-state index < -0.39 is 0 Å². The van der Waals surface area contributed by atoms with E-state index in [4.69, 9.17) is 4.74 Å². The molecule has 0 aliphatic heterocycles. The fourth-order valence-electron chi connectivity index (χ4n) is 1.97. The minimum Gasteiger partial charge on any atom is -0.489 e. The number of fused-ring (bicyclic) bond motifs is 1. The molecule has 0 aliphatic rings. The van der Waals surface area contributed by atoms with Crippen LogP contribution >= 0.6 is 0 Å². The molecule has 1 heterocycles. The number of benzene rings is 2. The smallest absolute Gasteiger partial charge is 0.123 e. The first-order valence-corrected chi connectivity index (χ1v) is 5.93. The average Bonchev–Trinajstić information content (AvgIpc) is 2.84. The van der Waals surface area contributed by atoms with Crippen molar-refractivity contribution in [2.24, 2.45) is 0 Å². The predicted molar refractivity (Wildman–Crippen MR) is 71.6 cm³/mol. The van der Waals surface area contributed by atoms with E-state index in [0.717, 1.165) is 22.2 Å². The first kappa shape index (κ1) is 10.8. The fraction of sp³-hybridized carbons (Fsp3) is 0.133. The topological polar surface area (TPSA) is 37.9 Å². The van der Waals surface area contributed by atoms with Crippen molar-refractivity contribution < 1.29 is 4.74 Å². The van der Waals surface area contributed by atoms with Gasteiger partial charge in [0.1, 0.15) is 12.4 Å². The van der Waals surface area contributed by atoms with Gasteiger partial charge in [-0.05, 0) is 30.2 Å². The highest BCUT2D eigenvalue weighted by Gasteiger charge is 2.04. The second-order valence-electron chi connectivity index (χ2n) is 4.35. The Kier molecular flexibility index (Phi) is 2.73. The zero-order chi connectivity index (χ0) is 12.4. The van der Waals surface area contributed by atoms with Crippen molar-refractivity contribution in [3.8, 4) is 5.75 Å². The number of H-pyrrole nitrogens is 1. The maximum atomic E-state index is 5.86. The van der Waals surface area contributed by atoms with Crippen LogP contribution in [0.1, 0.15) is 11.1 Å². The number of aromatic amines is 1. The SMILES string of the molecule is Cc1cc2[nH]ncc2cc1OCc1ccccc1. The van der Waals surface area contributed by atoms with Gasteiger partial charge in [-0.2, -0.15) is 5.10 Å². The molecular formula is C15H14N2O. The van der Waals surface area contributed by atoms with Crippen molar-refractivity contribution >= 4 is 10.9 Å². The maximum absolute atomic E-state index is 5.86. The van der Waals surface area contributed by atoms with Crippen LogP contribution in [0.2, 0.25) is 0 Å². The zero-order valence-corrected chi connectivity index (χ0v) is 10.2. The Morgan fingerprint density at radius 2 is 2.00 bits per heavy atom. The Morgan fingerprint density at radius 1 is 1.17 bits per heavy atom. The number of aromatic nitrogens is 2. The molecule has 3 nitrogen and oxygen atoms in total. The predicted octanol–water partition coefficient (Wildman–Crippen LogP) is 3.45. The van der Waals surface area contributed by atoms with Gasteiger partial charge in [-0.1, -0.05) is 30.3 Å². The molecule has 0 spiro atoms. The van der Waals surface area contributed by atoms with Crippen molar-refractivity contribution in [1.29, 1.82) is 0 Å². The van der Waals surface area contributed by atoms with E-state index in [-0.39, 0.29) is 0 Å². The van der Waals surface area contributed by atoms with E-state index in [1.165, 1.54) is 5.56 Å². The summed E-state index contributed by atoms with van der Waals surface area (Å²) < 4.78 is 5.86. The van der Waals surface area contributed by atoms with Crippen molar-refractivity contribution in [3.63, 3.8) is 0 Å². The van der Waals surface area contributed by atoms with E-state index in [9.17, 15) is 0 Å². The standard InChI is InChI=1S/C15H14N2O/c1-11-7-14-13(9-16-17-14)8-15(11)18-10-12-5-3-2-4-6-12/h2-9H,10H2,1H3,(H,16,17). The van der Waals surface area contributed by atoms with Gasteiger partial charge in [0, 0.05) is 5.39 Å². The summed E-state index contributed by atoms with van der Waals surface area (Å²) in [6.07, 6.45) is 1.81. The largest absolute Gasteiger partial charge is 0.489 e. The molecule has 2 aromatic carbocycles. The summed E-state index contributed by atoms with van der Waals surface area (Å²) in [5, 5.41) is 8.05. The molecule has 0 atom stereocenters. The first-order chi connectivity index (χ1) is 8.83. The van der Waals surface area contributed by atoms with Crippen LogP contribution in [0.5, 0.6) is 5.75 Å². The van der Waals surface area contributed by atoms with Crippen LogP contribution in [0.4, 0.5) is 0 Å². The number of ether oxygens (including phenoxy) is 1. The van der Waals surface area contributed by atoms with Crippen molar-refractivity contribution in [2.75, 3.05) is 0 Å². The number of hydrogen-bond donors (Lipinski definition) is 1. The third-order valence-electron chi connectivity index (χ3n) is 2.97. The molecule has 3 heteroatoms. The van der Waals surface area contributed by atoms with Crippen LogP contribution in [0.3, 0.4) is 0 Å². The maximum Gasteiger partial charge on any atom is 0.123 e. The molecule has 0 fully saturated rings. The monoisotopic (exact) mass is 238 g/mol. The van der Waals surface area contributed by atoms with Crippen LogP contribution < -0.4 is 4.74 Å². The third-order valence-corrected chi connectivity index (χ3v) is 2.97. The Morgan fingerprint density at radius 3 is 2.83 bits per heavy atom. The Labute approximate surface area is 105 Å². The van der Waals surface area contributed by atoms with E-state index in [0.29, 0.717) is 6.61 Å². The lowest BCUT2D eigenvalue weighted by Gasteiger charge is -2.09. The third kappa shape index (κ3) is 2.07. The summed E-state index contributed by atoms with van der Waals surface area (Å²) in [5.41, 5.74) is 3.33. The number of nitrogens with one attached hydrogen (secondary N) is 1. The summed E-state index contributed by atoms with van der Waals surface area (Å²) in [6.45, 7) is 2.63. The average molecular weight is 238 g/mol. The Balaban J connectivity index is 1.84. The molecule has 90 valence electrons. The van der Waals surface area contributed by atoms with Crippen molar-refractivity contribution in [3.05, 3.63) is 59.8 Å². The van der Waals surface area contributed by atoms with Gasteiger partial charge >= 0.3 is 0 Å². The highest BCUT2D eigenvalue weighted by atomic mass is 16.5. The number of hydrogen-bond acceptors (Lipinski definition) is 2. The number of rotatable bonds is 3. The summed E-state index contributed by atoms with van der Waals surface area (Å²) >= 11 is 0. The van der Waals surface area contributed by atoms with Gasteiger partial charge < -0.3 is 4.74 Å². The Hall–Kier alpha value is -2.29. The molecule has 3 aromatic rings. The highest BCUT2D eigenvalue weighted by Crippen LogP contribution is 2.24. The van der Waals surface area contributed by atoms with Crippen LogP contribution in [0, 0.1) is 6.92 Å². The summed E-state index contributed by atoms with van der Waals surface area (Å²) in [5.74, 6) is 0.910. The molecule has 0 radical (unpaired) electrons. The molecule has 0 bridgehead atoms. The van der Waals surface area contributed by atoms with Crippen molar-refractivity contribution in [2.45, 2.75) is 13.5 Å². The lowest BCUT2D eigenvalue weighted by atomic mass is 10.1. The normalized spacial score (nSPS) is 10.7. The first-order valence-electron chi connectivity index (χ1n) is 5.93. The highest BCUT2D eigenvalue weighted by molar-refractivity contribution is 5.80. The second kappa shape index (κ2) is 4.53. The van der Waals surface area contributed by atoms with Crippen LogP contribution in [-0.4, -0.2) is 10.2 Å². The molecular weight excluding hydrogens is 224 g/mol. The second-order valence-corrected chi connectivity index (χ2v) is 4.35. The zero-order valence-electron chi connectivity index (χ0n) is 10.2. The molecule has 1 N–H and O–H groups in total. The molecule has 0 saturated carbocycles. The fourth-order valence-corrected chi connectivity index (χ4v) is 1.97. The number of aryl methyl sites for hydroxylation is 1. The van der Waals surface area contributed by atoms with E-state index in [2.05, 4.69) is 28.4 Å². The summed E-state index contributed by atoms with van der Waals surface area (Å²) in [6, 6.07) is 14.2. The summed E-state index contributed by atoms with van der Waals surface area (Å²) in [4.78, 5) is 0. The molecule has 0 unspecified atom stereocenters. The lowest BCUT2D eigenvalue weighted by Crippen LogP contribution is -1.96. The van der Waals surface area contributed by atoms with E-state index >= 15 is 0 Å². The van der Waals surface area contributed by atoms with Gasteiger partial charge in [-0.15, -0.1) is 0 Å². The number of nitrogens with zero attached hydrogens (tertiary/aromatic N) is 1. The van der Waals surface area contributed by atoms with Crippen LogP contribution in [0.15, 0.2) is 48.7 Å². The summed E-state index contributed by atoms with van der Waals surface area (Å²) in [7, 11) is 0. The Bertz CT molecular complexity index is 659. The quantitative estimate of drug-likeness (QED) is 0.759. The van der Waals surface area contributed by atoms with Crippen LogP contribution in [-0.2, 0) is 6.61 Å². The van der Waals surface area contributed by atoms with Gasteiger partial charge in [0.15, 0.2) is 0 Å². The van der Waals surface area contributed by atoms with Crippen LogP contribution in [0.25, 0.3) is 10.9 Å².